The van der Waals surface area contributed by atoms with Crippen molar-refractivity contribution in [2.75, 3.05) is 7.11 Å². The van der Waals surface area contributed by atoms with Crippen LogP contribution < -0.4 is 0 Å². The van der Waals surface area contributed by atoms with Crippen molar-refractivity contribution >= 4 is 11.0 Å². The summed E-state index contributed by atoms with van der Waals surface area (Å²) in [5.41, 5.74) is -0.838. The highest BCUT2D eigenvalue weighted by Gasteiger charge is 2.39. The van der Waals surface area contributed by atoms with Crippen LogP contribution in [0.25, 0.3) is 11.0 Å². The number of aliphatic hydroxyl groups is 1. The smallest absolute Gasteiger partial charge is 0.170 e. The molecule has 4 heteroatoms. The van der Waals surface area contributed by atoms with E-state index in [9.17, 15) is 9.50 Å². The fourth-order valence-electron chi connectivity index (χ4n) is 2.88. The number of para-hydroxylation sites is 1. The molecule has 1 fully saturated rings. The van der Waals surface area contributed by atoms with Crippen molar-refractivity contribution in [2.45, 2.75) is 37.4 Å². The van der Waals surface area contributed by atoms with Gasteiger partial charge in [0, 0.05) is 18.9 Å². The Morgan fingerprint density at radius 1 is 1.47 bits per heavy atom. The molecular formula is C15H17FO3. The lowest BCUT2D eigenvalue weighted by Gasteiger charge is -2.34. The van der Waals surface area contributed by atoms with Crippen molar-refractivity contribution in [1.29, 1.82) is 0 Å². The van der Waals surface area contributed by atoms with Crippen LogP contribution in [0.5, 0.6) is 0 Å². The van der Waals surface area contributed by atoms with Crippen LogP contribution in [-0.2, 0) is 10.3 Å². The molecule has 2 aromatic rings. The number of hydrogen-bond acceptors (Lipinski definition) is 3. The molecule has 1 heterocycles. The van der Waals surface area contributed by atoms with Crippen molar-refractivity contribution in [2.24, 2.45) is 0 Å². The van der Waals surface area contributed by atoms with E-state index >= 15 is 0 Å². The first-order valence-corrected chi connectivity index (χ1v) is 6.56. The molecule has 1 aromatic carbocycles. The average Bonchev–Trinajstić information content (AvgIpc) is 2.85. The van der Waals surface area contributed by atoms with Crippen LogP contribution in [0.15, 0.2) is 28.7 Å². The normalized spacial score (nSPS) is 27.8. The van der Waals surface area contributed by atoms with Crippen molar-refractivity contribution in [1.82, 2.24) is 0 Å². The van der Waals surface area contributed by atoms with E-state index in [-0.39, 0.29) is 11.7 Å². The summed E-state index contributed by atoms with van der Waals surface area (Å²) in [4.78, 5) is 0. The number of rotatable bonds is 2. The summed E-state index contributed by atoms with van der Waals surface area (Å²) in [7, 11) is 1.65. The maximum Gasteiger partial charge on any atom is 0.170 e. The number of methoxy groups -OCH3 is 1. The van der Waals surface area contributed by atoms with Gasteiger partial charge in [0.15, 0.2) is 11.4 Å². The molecule has 0 spiro atoms. The minimum absolute atomic E-state index is 0.0248. The number of ether oxygens (including phenoxy) is 1. The van der Waals surface area contributed by atoms with Crippen molar-refractivity contribution < 1.29 is 18.7 Å². The molecule has 2 unspecified atom stereocenters. The van der Waals surface area contributed by atoms with E-state index in [4.69, 9.17) is 9.15 Å². The molecule has 0 radical (unpaired) electrons. The Bertz CT molecular complexity index is 592. The Hall–Kier alpha value is -1.39. The molecule has 19 heavy (non-hydrogen) atoms. The zero-order valence-electron chi connectivity index (χ0n) is 10.9. The summed E-state index contributed by atoms with van der Waals surface area (Å²) in [6.45, 7) is 0. The van der Waals surface area contributed by atoms with Crippen LogP contribution in [0.2, 0.25) is 0 Å². The molecular weight excluding hydrogens is 247 g/mol. The van der Waals surface area contributed by atoms with E-state index in [1.165, 1.54) is 6.07 Å². The molecule has 0 amide bonds. The molecule has 0 bridgehead atoms. The molecule has 1 N–H and O–H groups in total. The minimum Gasteiger partial charge on any atom is -0.455 e. The lowest BCUT2D eigenvalue weighted by Crippen LogP contribution is -2.35. The van der Waals surface area contributed by atoms with Crippen LogP contribution in [0.3, 0.4) is 0 Å². The van der Waals surface area contributed by atoms with Crippen LogP contribution in [-0.4, -0.2) is 18.3 Å². The molecule has 0 aliphatic heterocycles. The first kappa shape index (κ1) is 12.6. The molecule has 2 atom stereocenters. The second kappa shape index (κ2) is 4.62. The third-order valence-electron chi connectivity index (χ3n) is 3.97. The van der Waals surface area contributed by atoms with E-state index < -0.39 is 11.4 Å². The van der Waals surface area contributed by atoms with E-state index in [1.54, 1.807) is 25.3 Å². The average molecular weight is 264 g/mol. The Balaban J connectivity index is 2.01. The molecule has 1 aliphatic rings. The van der Waals surface area contributed by atoms with Gasteiger partial charge in [-0.05, 0) is 31.4 Å². The van der Waals surface area contributed by atoms with Gasteiger partial charge in [-0.3, -0.25) is 0 Å². The maximum atomic E-state index is 13.6. The van der Waals surface area contributed by atoms with Gasteiger partial charge in [0.25, 0.3) is 0 Å². The summed E-state index contributed by atoms with van der Waals surface area (Å²) >= 11 is 0. The van der Waals surface area contributed by atoms with Gasteiger partial charge in [-0.2, -0.15) is 0 Å². The minimum atomic E-state index is -1.05. The van der Waals surface area contributed by atoms with Crippen molar-refractivity contribution in [3.63, 3.8) is 0 Å². The largest absolute Gasteiger partial charge is 0.455 e. The maximum absolute atomic E-state index is 13.6. The highest BCUT2D eigenvalue weighted by atomic mass is 19.1. The third kappa shape index (κ3) is 2.15. The van der Waals surface area contributed by atoms with Gasteiger partial charge in [0.2, 0.25) is 0 Å². The molecule has 102 valence electrons. The van der Waals surface area contributed by atoms with Crippen LogP contribution in [0.4, 0.5) is 4.39 Å². The summed E-state index contributed by atoms with van der Waals surface area (Å²) < 4.78 is 24.5. The predicted molar refractivity (Wildman–Crippen MR) is 69.3 cm³/mol. The highest BCUT2D eigenvalue weighted by Crippen LogP contribution is 2.40. The second-order valence-corrected chi connectivity index (χ2v) is 5.25. The van der Waals surface area contributed by atoms with Gasteiger partial charge in [-0.25, -0.2) is 4.39 Å². The van der Waals surface area contributed by atoms with Crippen LogP contribution >= 0.6 is 0 Å². The Morgan fingerprint density at radius 2 is 2.32 bits per heavy atom. The van der Waals surface area contributed by atoms with E-state index in [0.717, 1.165) is 12.8 Å². The molecule has 3 rings (SSSR count). The van der Waals surface area contributed by atoms with Crippen LogP contribution in [0.1, 0.15) is 31.4 Å². The SMILES string of the molecule is COC1CCCC(O)(c2cc3cccc(F)c3o2)C1. The fourth-order valence-corrected chi connectivity index (χ4v) is 2.88. The van der Waals surface area contributed by atoms with E-state index in [2.05, 4.69) is 0 Å². The number of furan rings is 1. The standard InChI is InChI=1S/C15H17FO3/c1-18-11-5-3-7-15(17,9-11)13-8-10-4-2-6-12(16)14(10)19-13/h2,4,6,8,11,17H,3,5,7,9H2,1H3. The van der Waals surface area contributed by atoms with Crippen molar-refractivity contribution in [3.05, 3.63) is 35.8 Å². The summed E-state index contributed by atoms with van der Waals surface area (Å²) in [6.07, 6.45) is 2.94. The molecule has 1 saturated carbocycles. The number of fused-ring (bicyclic) bond motifs is 1. The monoisotopic (exact) mass is 264 g/mol. The Labute approximate surface area is 111 Å². The number of halogens is 1. The lowest BCUT2D eigenvalue weighted by molar-refractivity contribution is -0.0744. The molecule has 3 nitrogen and oxygen atoms in total. The van der Waals surface area contributed by atoms with Gasteiger partial charge >= 0.3 is 0 Å². The van der Waals surface area contributed by atoms with Gasteiger partial charge in [0.05, 0.1) is 6.10 Å². The Morgan fingerprint density at radius 3 is 3.05 bits per heavy atom. The second-order valence-electron chi connectivity index (χ2n) is 5.25. The third-order valence-corrected chi connectivity index (χ3v) is 3.97. The molecule has 1 aromatic heterocycles. The predicted octanol–water partition coefficient (Wildman–Crippen LogP) is 3.35. The zero-order chi connectivity index (χ0) is 13.5. The van der Waals surface area contributed by atoms with E-state index in [1.807, 2.05) is 0 Å². The highest BCUT2D eigenvalue weighted by molar-refractivity contribution is 5.78. The number of benzene rings is 1. The van der Waals surface area contributed by atoms with Crippen molar-refractivity contribution in [3.8, 4) is 0 Å². The molecule has 1 aliphatic carbocycles. The topological polar surface area (TPSA) is 42.6 Å². The number of hydrogen-bond donors (Lipinski definition) is 1. The van der Waals surface area contributed by atoms with E-state index in [0.29, 0.717) is 24.0 Å². The first-order chi connectivity index (χ1) is 9.12. The summed E-state index contributed by atoms with van der Waals surface area (Å²) in [6, 6.07) is 6.51. The zero-order valence-corrected chi connectivity index (χ0v) is 10.9. The van der Waals surface area contributed by atoms with Gasteiger partial charge in [0.1, 0.15) is 11.4 Å². The van der Waals surface area contributed by atoms with Crippen LogP contribution in [0, 0.1) is 5.82 Å². The first-order valence-electron chi connectivity index (χ1n) is 6.56. The fraction of sp³-hybridized carbons (Fsp3) is 0.467. The molecule has 0 saturated heterocycles. The summed E-state index contributed by atoms with van der Waals surface area (Å²) in [5, 5.41) is 11.4. The quantitative estimate of drug-likeness (QED) is 0.904. The lowest BCUT2D eigenvalue weighted by atomic mass is 9.81. The van der Waals surface area contributed by atoms with Gasteiger partial charge < -0.3 is 14.3 Å². The Kier molecular flexibility index (Phi) is 3.07. The van der Waals surface area contributed by atoms with Gasteiger partial charge in [-0.1, -0.05) is 12.1 Å². The van der Waals surface area contributed by atoms with Gasteiger partial charge in [-0.15, -0.1) is 0 Å². The summed E-state index contributed by atoms with van der Waals surface area (Å²) in [5.74, 6) is 0.0424.